The van der Waals surface area contributed by atoms with Crippen molar-refractivity contribution in [2.75, 3.05) is 53.0 Å². The van der Waals surface area contributed by atoms with Gasteiger partial charge >= 0.3 is 0 Å². The topological polar surface area (TPSA) is 105 Å². The highest BCUT2D eigenvalue weighted by Gasteiger charge is 2.24. The second kappa shape index (κ2) is 9.98. The second-order valence-electron chi connectivity index (χ2n) is 6.52. The summed E-state index contributed by atoms with van der Waals surface area (Å²) in [6.07, 6.45) is 0.777. The standard InChI is InChI=1S/C18H26N4O5/c1-14-12-15(4-5-16(14)22(25)26)18(24)21-9-7-20(8-10-21)13-17(23)19-6-3-11-27-2/h4-5,12H,3,6-11,13H2,1-2H3,(H,19,23). The van der Waals surface area contributed by atoms with Crippen LogP contribution < -0.4 is 5.32 Å². The summed E-state index contributed by atoms with van der Waals surface area (Å²) >= 11 is 0. The molecule has 9 heteroatoms. The van der Waals surface area contributed by atoms with E-state index in [0.717, 1.165) is 6.42 Å². The van der Waals surface area contributed by atoms with Crippen LogP contribution in [-0.2, 0) is 9.53 Å². The molecule has 27 heavy (non-hydrogen) atoms. The average Bonchev–Trinajstić information content (AvgIpc) is 2.65. The van der Waals surface area contributed by atoms with E-state index < -0.39 is 4.92 Å². The number of benzene rings is 1. The Balaban J connectivity index is 1.81. The minimum absolute atomic E-state index is 0.00730. The predicted octanol–water partition coefficient (Wildman–Crippen LogP) is 0.814. The van der Waals surface area contributed by atoms with Crippen LogP contribution in [0.15, 0.2) is 18.2 Å². The Hall–Kier alpha value is -2.52. The van der Waals surface area contributed by atoms with Gasteiger partial charge in [-0.1, -0.05) is 0 Å². The number of piperazine rings is 1. The summed E-state index contributed by atoms with van der Waals surface area (Å²) in [6.45, 7) is 5.40. The number of amides is 2. The Morgan fingerprint density at radius 2 is 1.96 bits per heavy atom. The molecular weight excluding hydrogens is 352 g/mol. The molecule has 2 amide bonds. The van der Waals surface area contributed by atoms with Crippen LogP contribution in [0, 0.1) is 17.0 Å². The number of carbonyl (C=O) groups excluding carboxylic acids is 2. The van der Waals surface area contributed by atoms with E-state index in [1.807, 2.05) is 4.90 Å². The van der Waals surface area contributed by atoms with E-state index in [4.69, 9.17) is 4.74 Å². The van der Waals surface area contributed by atoms with E-state index in [1.165, 1.54) is 12.1 Å². The molecular formula is C18H26N4O5. The van der Waals surface area contributed by atoms with Gasteiger partial charge in [-0.05, 0) is 25.5 Å². The average molecular weight is 378 g/mol. The van der Waals surface area contributed by atoms with E-state index in [0.29, 0.717) is 57.0 Å². The van der Waals surface area contributed by atoms with Gasteiger partial charge in [0, 0.05) is 63.6 Å². The van der Waals surface area contributed by atoms with Crippen molar-refractivity contribution in [2.24, 2.45) is 0 Å². The van der Waals surface area contributed by atoms with Crippen LogP contribution in [0.3, 0.4) is 0 Å². The number of hydrogen-bond acceptors (Lipinski definition) is 6. The molecule has 1 fully saturated rings. The van der Waals surface area contributed by atoms with Crippen molar-refractivity contribution in [3.63, 3.8) is 0 Å². The molecule has 2 rings (SSSR count). The zero-order valence-corrected chi connectivity index (χ0v) is 15.8. The third-order valence-electron chi connectivity index (χ3n) is 4.51. The van der Waals surface area contributed by atoms with Crippen LogP contribution in [0.2, 0.25) is 0 Å². The number of ether oxygens (including phenoxy) is 1. The van der Waals surface area contributed by atoms with Gasteiger partial charge in [-0.25, -0.2) is 0 Å². The monoisotopic (exact) mass is 378 g/mol. The van der Waals surface area contributed by atoms with Gasteiger partial charge in [0.25, 0.3) is 11.6 Å². The van der Waals surface area contributed by atoms with Crippen LogP contribution in [0.1, 0.15) is 22.3 Å². The van der Waals surface area contributed by atoms with Gasteiger partial charge in [-0.2, -0.15) is 0 Å². The molecule has 1 aromatic rings. The first-order valence-corrected chi connectivity index (χ1v) is 8.94. The van der Waals surface area contributed by atoms with Crippen molar-refractivity contribution in [1.82, 2.24) is 15.1 Å². The molecule has 0 saturated carbocycles. The maximum Gasteiger partial charge on any atom is 0.272 e. The molecule has 0 unspecified atom stereocenters. The normalized spacial score (nSPS) is 14.8. The van der Waals surface area contributed by atoms with Crippen LogP contribution in [0.5, 0.6) is 0 Å². The summed E-state index contributed by atoms with van der Waals surface area (Å²) in [6, 6.07) is 4.42. The van der Waals surface area contributed by atoms with E-state index in [9.17, 15) is 19.7 Å². The Morgan fingerprint density at radius 3 is 2.56 bits per heavy atom. The molecule has 9 nitrogen and oxygen atoms in total. The highest BCUT2D eigenvalue weighted by atomic mass is 16.6. The molecule has 0 aromatic heterocycles. The molecule has 1 aromatic carbocycles. The fourth-order valence-corrected chi connectivity index (χ4v) is 2.99. The minimum atomic E-state index is -0.456. The molecule has 1 N–H and O–H groups in total. The zero-order chi connectivity index (χ0) is 19.8. The summed E-state index contributed by atoms with van der Waals surface area (Å²) in [7, 11) is 1.63. The van der Waals surface area contributed by atoms with Crippen molar-refractivity contribution in [3.05, 3.63) is 39.4 Å². The first-order valence-electron chi connectivity index (χ1n) is 8.94. The molecule has 1 aliphatic heterocycles. The molecule has 0 atom stereocenters. The lowest BCUT2D eigenvalue weighted by Gasteiger charge is -2.34. The van der Waals surface area contributed by atoms with E-state index >= 15 is 0 Å². The van der Waals surface area contributed by atoms with Crippen molar-refractivity contribution >= 4 is 17.5 Å². The molecule has 0 bridgehead atoms. The fraction of sp³-hybridized carbons (Fsp3) is 0.556. The zero-order valence-electron chi connectivity index (χ0n) is 15.8. The molecule has 0 aliphatic carbocycles. The van der Waals surface area contributed by atoms with Crippen molar-refractivity contribution in [3.8, 4) is 0 Å². The minimum Gasteiger partial charge on any atom is -0.385 e. The largest absolute Gasteiger partial charge is 0.385 e. The Kier molecular flexibility index (Phi) is 7.68. The lowest BCUT2D eigenvalue weighted by atomic mass is 10.1. The lowest BCUT2D eigenvalue weighted by Crippen LogP contribution is -2.51. The fourth-order valence-electron chi connectivity index (χ4n) is 2.99. The number of nitrogens with zero attached hydrogens (tertiary/aromatic N) is 3. The Labute approximate surface area is 158 Å². The molecule has 1 heterocycles. The third kappa shape index (κ3) is 6.00. The Bertz CT molecular complexity index is 686. The third-order valence-corrected chi connectivity index (χ3v) is 4.51. The van der Waals surface area contributed by atoms with Crippen molar-refractivity contribution < 1.29 is 19.2 Å². The van der Waals surface area contributed by atoms with Crippen LogP contribution in [-0.4, -0.2) is 79.5 Å². The van der Waals surface area contributed by atoms with E-state index in [2.05, 4.69) is 5.32 Å². The predicted molar refractivity (Wildman–Crippen MR) is 99.7 cm³/mol. The molecule has 0 radical (unpaired) electrons. The quantitative estimate of drug-likeness (QED) is 0.408. The summed E-state index contributed by atoms with van der Waals surface area (Å²) < 4.78 is 4.94. The van der Waals surface area contributed by atoms with Gasteiger partial charge in [-0.3, -0.25) is 24.6 Å². The van der Waals surface area contributed by atoms with Crippen LogP contribution in [0.4, 0.5) is 5.69 Å². The first-order chi connectivity index (χ1) is 12.9. The van der Waals surface area contributed by atoms with E-state index in [1.54, 1.807) is 25.0 Å². The number of methoxy groups -OCH3 is 1. The van der Waals surface area contributed by atoms with Crippen molar-refractivity contribution in [2.45, 2.75) is 13.3 Å². The SMILES string of the molecule is COCCCNC(=O)CN1CCN(C(=O)c2ccc([N+](=O)[O-])c(C)c2)CC1. The number of nitro groups is 1. The number of carbonyl (C=O) groups is 2. The van der Waals surface area contributed by atoms with Gasteiger partial charge in [0.1, 0.15) is 0 Å². The maximum absolute atomic E-state index is 12.6. The maximum atomic E-state index is 12.6. The lowest BCUT2D eigenvalue weighted by molar-refractivity contribution is -0.385. The van der Waals surface area contributed by atoms with Gasteiger partial charge in [-0.15, -0.1) is 0 Å². The number of nitrogens with one attached hydrogen (secondary N) is 1. The highest BCUT2D eigenvalue weighted by molar-refractivity contribution is 5.94. The molecule has 0 spiro atoms. The first kappa shape index (κ1) is 20.8. The van der Waals surface area contributed by atoms with E-state index in [-0.39, 0.29) is 17.5 Å². The van der Waals surface area contributed by atoms with Crippen molar-refractivity contribution in [1.29, 1.82) is 0 Å². The smallest absolute Gasteiger partial charge is 0.272 e. The highest BCUT2D eigenvalue weighted by Crippen LogP contribution is 2.20. The van der Waals surface area contributed by atoms with Gasteiger partial charge in [0.2, 0.25) is 5.91 Å². The summed E-state index contributed by atoms with van der Waals surface area (Å²) in [5.41, 5.74) is 0.921. The molecule has 1 aliphatic rings. The number of hydrogen-bond donors (Lipinski definition) is 1. The second-order valence-corrected chi connectivity index (χ2v) is 6.52. The molecule has 1 saturated heterocycles. The van der Waals surface area contributed by atoms with Gasteiger partial charge in [0.05, 0.1) is 11.5 Å². The number of aryl methyl sites for hydroxylation is 1. The van der Waals surface area contributed by atoms with Crippen LogP contribution >= 0.6 is 0 Å². The summed E-state index contributed by atoms with van der Waals surface area (Å²) in [5.74, 6) is -0.173. The summed E-state index contributed by atoms with van der Waals surface area (Å²) in [5, 5.41) is 13.7. The van der Waals surface area contributed by atoms with Gasteiger partial charge in [0.15, 0.2) is 0 Å². The molecule has 148 valence electrons. The van der Waals surface area contributed by atoms with Gasteiger partial charge < -0.3 is 15.0 Å². The van der Waals surface area contributed by atoms with Crippen LogP contribution in [0.25, 0.3) is 0 Å². The number of nitro benzene ring substituents is 1. The summed E-state index contributed by atoms with van der Waals surface area (Å²) in [4.78, 5) is 38.7. The number of rotatable bonds is 8. The Morgan fingerprint density at radius 1 is 1.26 bits per heavy atom.